The fraction of sp³-hybridized carbons (Fsp3) is 0.308. The summed E-state index contributed by atoms with van der Waals surface area (Å²) >= 11 is 0. The highest BCUT2D eigenvalue weighted by Gasteiger charge is 2.23. The van der Waals surface area contributed by atoms with E-state index < -0.39 is 15.6 Å². The Morgan fingerprint density at radius 1 is 1.14 bits per heavy atom. The zero-order valence-corrected chi connectivity index (χ0v) is 21.4. The first-order valence-corrected chi connectivity index (χ1v) is 14.0. The summed E-state index contributed by atoms with van der Waals surface area (Å²) in [5, 5.41) is 17.3. The Kier molecular flexibility index (Phi) is 6.90. The number of pyridine rings is 1. The van der Waals surface area contributed by atoms with Crippen molar-refractivity contribution >= 4 is 32.7 Å². The minimum atomic E-state index is -2.92. The highest BCUT2D eigenvalue weighted by molar-refractivity contribution is 7.93. The van der Waals surface area contributed by atoms with Crippen molar-refractivity contribution in [2.45, 2.75) is 49.7 Å². The van der Waals surface area contributed by atoms with Gasteiger partial charge in [-0.3, -0.25) is 4.79 Å². The third-order valence-corrected chi connectivity index (χ3v) is 8.10. The number of ether oxygens (including phenoxy) is 1. The van der Waals surface area contributed by atoms with E-state index in [2.05, 4.69) is 24.7 Å². The molecule has 0 spiro atoms. The van der Waals surface area contributed by atoms with Crippen LogP contribution in [0, 0.1) is 6.92 Å². The lowest BCUT2D eigenvalue weighted by atomic mass is 9.95. The average molecular weight is 521 g/mol. The molecule has 1 saturated carbocycles. The van der Waals surface area contributed by atoms with E-state index in [1.807, 2.05) is 12.1 Å². The molecular formula is C26H28N6O4S. The predicted molar refractivity (Wildman–Crippen MR) is 140 cm³/mol. The number of aryl methyl sites for hydroxylation is 1. The lowest BCUT2D eigenvalue weighted by Crippen LogP contribution is -2.27. The van der Waals surface area contributed by atoms with Gasteiger partial charge in [0.2, 0.25) is 5.88 Å². The van der Waals surface area contributed by atoms with Crippen molar-refractivity contribution in [2.24, 2.45) is 4.36 Å². The van der Waals surface area contributed by atoms with E-state index in [-0.39, 0.29) is 17.8 Å². The topological polar surface area (TPSA) is 131 Å². The molecule has 1 aromatic carbocycles. The first-order chi connectivity index (χ1) is 17.8. The van der Waals surface area contributed by atoms with Crippen LogP contribution in [-0.4, -0.2) is 53.3 Å². The molecule has 1 aliphatic carbocycles. The van der Waals surface area contributed by atoms with Crippen molar-refractivity contribution < 1.29 is 18.8 Å². The molecule has 1 amide bonds. The van der Waals surface area contributed by atoms with Gasteiger partial charge in [-0.05, 0) is 62.4 Å². The minimum absolute atomic E-state index is 0.0290. The van der Waals surface area contributed by atoms with Crippen molar-refractivity contribution in [1.29, 1.82) is 0 Å². The summed E-state index contributed by atoms with van der Waals surface area (Å²) in [7, 11) is -2.92. The Balaban J connectivity index is 1.46. The maximum absolute atomic E-state index is 13.2. The molecule has 37 heavy (non-hydrogen) atoms. The lowest BCUT2D eigenvalue weighted by molar-refractivity contribution is 0.0647. The lowest BCUT2D eigenvalue weighted by Gasteiger charge is -2.26. The Hall–Kier alpha value is -3.83. The molecule has 3 aromatic heterocycles. The molecule has 3 heterocycles. The van der Waals surface area contributed by atoms with Crippen LogP contribution in [0.2, 0.25) is 0 Å². The second-order valence-corrected chi connectivity index (χ2v) is 11.4. The monoisotopic (exact) mass is 520 g/mol. The molecular weight excluding hydrogens is 492 g/mol. The second-order valence-electron chi connectivity index (χ2n) is 9.11. The number of aliphatic hydroxyl groups is 1. The Morgan fingerprint density at radius 2 is 1.89 bits per heavy atom. The van der Waals surface area contributed by atoms with Gasteiger partial charge in [-0.15, -0.1) is 0 Å². The number of hydrogen-bond donors (Lipinski definition) is 2. The zero-order chi connectivity index (χ0) is 26.0. The number of carbonyl (C=O) groups excluding carboxylic acids is 1. The predicted octanol–water partition coefficient (Wildman–Crippen LogP) is 4.16. The van der Waals surface area contributed by atoms with Crippen LogP contribution < -0.4 is 10.1 Å². The van der Waals surface area contributed by atoms with Gasteiger partial charge in [0.05, 0.1) is 21.4 Å². The SMILES string of the molecule is Cc1c(C(=O)N=[S@](C)(=O)c2ccccc2)cn2ncnc(Nc3cccnc3OC3CCC(O)CC3)c12. The zero-order valence-electron chi connectivity index (χ0n) is 20.6. The Morgan fingerprint density at radius 3 is 2.65 bits per heavy atom. The van der Waals surface area contributed by atoms with Crippen LogP contribution in [-0.2, 0) is 9.73 Å². The number of nitrogens with one attached hydrogen (secondary N) is 1. The second kappa shape index (κ2) is 10.3. The number of carbonyl (C=O) groups is 1. The van der Waals surface area contributed by atoms with Crippen molar-refractivity contribution in [3.63, 3.8) is 0 Å². The molecule has 11 heteroatoms. The molecule has 0 aliphatic heterocycles. The molecule has 1 aliphatic rings. The van der Waals surface area contributed by atoms with Crippen molar-refractivity contribution in [2.75, 3.05) is 11.6 Å². The largest absolute Gasteiger partial charge is 0.473 e. The summed E-state index contributed by atoms with van der Waals surface area (Å²) in [4.78, 5) is 22.4. The third-order valence-electron chi connectivity index (χ3n) is 6.44. The maximum Gasteiger partial charge on any atom is 0.287 e. The van der Waals surface area contributed by atoms with E-state index in [0.29, 0.717) is 46.2 Å². The van der Waals surface area contributed by atoms with E-state index in [1.165, 1.54) is 12.6 Å². The maximum atomic E-state index is 13.2. The first-order valence-electron chi connectivity index (χ1n) is 12.0. The fourth-order valence-corrected chi connectivity index (χ4v) is 5.61. The number of rotatable bonds is 6. The van der Waals surface area contributed by atoms with Gasteiger partial charge in [0.15, 0.2) is 5.82 Å². The van der Waals surface area contributed by atoms with Crippen LogP contribution in [0.3, 0.4) is 0 Å². The smallest absolute Gasteiger partial charge is 0.287 e. The van der Waals surface area contributed by atoms with Crippen molar-refractivity contribution in [3.8, 4) is 5.88 Å². The minimum Gasteiger partial charge on any atom is -0.473 e. The van der Waals surface area contributed by atoms with Crippen LogP contribution in [0.25, 0.3) is 5.52 Å². The highest BCUT2D eigenvalue weighted by Crippen LogP contribution is 2.32. The Labute approximate surface area is 214 Å². The first kappa shape index (κ1) is 24.8. The fourth-order valence-electron chi connectivity index (χ4n) is 4.43. The molecule has 0 saturated heterocycles. The van der Waals surface area contributed by atoms with Gasteiger partial charge >= 0.3 is 0 Å². The van der Waals surface area contributed by atoms with Gasteiger partial charge < -0.3 is 15.2 Å². The molecule has 0 bridgehead atoms. The number of benzene rings is 1. The summed E-state index contributed by atoms with van der Waals surface area (Å²) in [6, 6.07) is 12.4. The number of aromatic nitrogens is 4. The Bertz CT molecular complexity index is 1550. The molecule has 10 nitrogen and oxygen atoms in total. The number of hydrogen-bond acceptors (Lipinski definition) is 8. The van der Waals surface area contributed by atoms with E-state index in [1.54, 1.807) is 54.2 Å². The molecule has 2 N–H and O–H groups in total. The van der Waals surface area contributed by atoms with Gasteiger partial charge in [-0.25, -0.2) is 18.7 Å². The van der Waals surface area contributed by atoms with E-state index in [9.17, 15) is 14.1 Å². The summed E-state index contributed by atoms with van der Waals surface area (Å²) in [5.74, 6) is 0.309. The number of aliphatic hydroxyl groups excluding tert-OH is 1. The molecule has 192 valence electrons. The summed E-state index contributed by atoms with van der Waals surface area (Å²) in [6.45, 7) is 1.78. The average Bonchev–Trinajstić information content (AvgIpc) is 3.24. The van der Waals surface area contributed by atoms with Crippen LogP contribution in [0.4, 0.5) is 11.5 Å². The van der Waals surface area contributed by atoms with Crippen molar-refractivity contribution in [1.82, 2.24) is 19.6 Å². The highest BCUT2D eigenvalue weighted by atomic mass is 32.2. The summed E-state index contributed by atoms with van der Waals surface area (Å²) in [5.41, 5.74) is 2.09. The quantitative estimate of drug-likeness (QED) is 0.388. The van der Waals surface area contributed by atoms with Gasteiger partial charge in [0.25, 0.3) is 5.91 Å². The standard InChI is InChI=1S/C26H28N6O4S/c1-17-21(25(34)31-37(2,35)20-7-4-3-5-8-20)15-32-23(17)24(28-16-29-32)30-22-9-6-14-27-26(22)36-19-12-10-18(33)11-13-19/h3-9,14-16,18-19,33H,10-13H2,1-2H3,(H,28,29,30)/t18?,19?,37-/m1/s1. The number of anilines is 2. The molecule has 4 aromatic rings. The third kappa shape index (κ3) is 5.32. The number of amides is 1. The van der Waals surface area contributed by atoms with Crippen LogP contribution in [0.5, 0.6) is 5.88 Å². The van der Waals surface area contributed by atoms with Gasteiger partial charge in [-0.1, -0.05) is 18.2 Å². The van der Waals surface area contributed by atoms with E-state index in [0.717, 1.165) is 12.8 Å². The number of nitrogens with zero attached hydrogens (tertiary/aromatic N) is 5. The van der Waals surface area contributed by atoms with E-state index >= 15 is 0 Å². The number of fused-ring (bicyclic) bond motifs is 1. The molecule has 1 fully saturated rings. The van der Waals surface area contributed by atoms with Gasteiger partial charge in [-0.2, -0.15) is 9.46 Å². The molecule has 1 atom stereocenters. The summed E-state index contributed by atoms with van der Waals surface area (Å²) in [6.07, 6.45) is 8.67. The molecule has 0 unspecified atom stereocenters. The van der Waals surface area contributed by atoms with Crippen LogP contribution in [0.1, 0.15) is 41.6 Å². The van der Waals surface area contributed by atoms with Crippen LogP contribution in [0.15, 0.2) is 70.4 Å². The van der Waals surface area contributed by atoms with Crippen LogP contribution >= 0.6 is 0 Å². The molecule has 5 rings (SSSR count). The van der Waals surface area contributed by atoms with E-state index in [4.69, 9.17) is 4.74 Å². The van der Waals surface area contributed by atoms with Gasteiger partial charge in [0.1, 0.15) is 23.6 Å². The van der Waals surface area contributed by atoms with Gasteiger partial charge in [0, 0.05) is 23.5 Å². The normalized spacial score (nSPS) is 19.2. The molecule has 0 radical (unpaired) electrons. The van der Waals surface area contributed by atoms with Crippen molar-refractivity contribution in [3.05, 3.63) is 72.3 Å². The summed E-state index contributed by atoms with van der Waals surface area (Å²) < 4.78 is 24.9.